The molecule has 0 aliphatic heterocycles. The number of carboxylic acids is 1. The highest BCUT2D eigenvalue weighted by atomic mass is 35.5. The third-order valence-electron chi connectivity index (χ3n) is 6.35. The maximum Gasteiger partial charge on any atom is 0.337 e. The number of aromatic nitrogens is 1. The Labute approximate surface area is 203 Å². The summed E-state index contributed by atoms with van der Waals surface area (Å²) in [5.74, 6) is -1.46. The lowest BCUT2D eigenvalue weighted by Gasteiger charge is -2.40. The first-order valence-corrected chi connectivity index (χ1v) is 11.6. The number of aliphatic carboxylic acids is 1. The number of para-hydroxylation sites is 1. The van der Waals surface area contributed by atoms with Crippen LogP contribution in [0.15, 0.2) is 54.6 Å². The van der Waals surface area contributed by atoms with Gasteiger partial charge in [-0.05, 0) is 81.0 Å². The van der Waals surface area contributed by atoms with Crippen LogP contribution in [0.1, 0.15) is 59.6 Å². The number of pyridine rings is 1. The summed E-state index contributed by atoms with van der Waals surface area (Å²) < 4.78 is 6.17. The molecule has 2 N–H and O–H groups in total. The van der Waals surface area contributed by atoms with Crippen LogP contribution in [0, 0.1) is 13.8 Å². The summed E-state index contributed by atoms with van der Waals surface area (Å²) in [6.45, 7) is 5.44. The van der Waals surface area contributed by atoms with E-state index in [0.717, 1.165) is 24.8 Å². The standard InChI is InChI=1S/C27H27ClN2O4/c1-16-21(18-10-12-19(28)13-11-18)22(24(26(32)33)34-27(3)14-7-15-27)17(2)29-23(16)25(31)30-20-8-5-4-6-9-20/h4-6,8-13,24H,7,14-15H2,1-3H3,(H,30,31)(H,32,33). The molecule has 34 heavy (non-hydrogen) atoms. The third-order valence-corrected chi connectivity index (χ3v) is 6.60. The first-order valence-electron chi connectivity index (χ1n) is 11.2. The highest BCUT2D eigenvalue weighted by Crippen LogP contribution is 2.43. The minimum atomic E-state index is -1.21. The van der Waals surface area contributed by atoms with Crippen molar-refractivity contribution in [3.63, 3.8) is 0 Å². The molecule has 1 aromatic heterocycles. The van der Waals surface area contributed by atoms with Gasteiger partial charge in [0.1, 0.15) is 5.69 Å². The van der Waals surface area contributed by atoms with E-state index >= 15 is 0 Å². The molecule has 7 heteroatoms. The summed E-state index contributed by atoms with van der Waals surface area (Å²) in [5, 5.41) is 13.6. The lowest BCUT2D eigenvalue weighted by atomic mass is 9.81. The van der Waals surface area contributed by atoms with Crippen LogP contribution in [0.3, 0.4) is 0 Å². The zero-order valence-corrected chi connectivity index (χ0v) is 20.1. The lowest BCUT2D eigenvalue weighted by molar-refractivity contribution is -0.174. The fourth-order valence-corrected chi connectivity index (χ4v) is 4.49. The number of carboxylic acid groups (broad SMARTS) is 1. The maximum atomic E-state index is 13.2. The van der Waals surface area contributed by atoms with E-state index < -0.39 is 17.7 Å². The van der Waals surface area contributed by atoms with E-state index in [2.05, 4.69) is 10.3 Å². The van der Waals surface area contributed by atoms with Crippen LogP contribution < -0.4 is 5.32 Å². The molecule has 1 heterocycles. The number of rotatable bonds is 7. The first-order chi connectivity index (χ1) is 16.2. The zero-order valence-electron chi connectivity index (χ0n) is 19.4. The summed E-state index contributed by atoms with van der Waals surface area (Å²) in [7, 11) is 0. The summed E-state index contributed by atoms with van der Waals surface area (Å²) in [6.07, 6.45) is 1.39. The van der Waals surface area contributed by atoms with Gasteiger partial charge in [-0.15, -0.1) is 0 Å². The van der Waals surface area contributed by atoms with Crippen molar-refractivity contribution in [3.05, 3.63) is 82.1 Å². The molecule has 0 bridgehead atoms. The number of amides is 1. The molecular weight excluding hydrogens is 452 g/mol. The van der Waals surface area contributed by atoms with Crippen LogP contribution in [-0.4, -0.2) is 27.6 Å². The fourth-order valence-electron chi connectivity index (χ4n) is 4.37. The molecule has 1 unspecified atom stereocenters. The van der Waals surface area contributed by atoms with E-state index in [-0.39, 0.29) is 11.6 Å². The van der Waals surface area contributed by atoms with Gasteiger partial charge in [0.15, 0.2) is 6.10 Å². The second-order valence-electron chi connectivity index (χ2n) is 8.93. The van der Waals surface area contributed by atoms with E-state index in [1.807, 2.05) is 37.3 Å². The van der Waals surface area contributed by atoms with Gasteiger partial charge in [0.2, 0.25) is 0 Å². The molecule has 1 fully saturated rings. The van der Waals surface area contributed by atoms with Crippen LogP contribution in [-0.2, 0) is 9.53 Å². The lowest BCUT2D eigenvalue weighted by Crippen LogP contribution is -2.40. The van der Waals surface area contributed by atoms with E-state index in [1.54, 1.807) is 38.1 Å². The molecule has 1 aliphatic carbocycles. The van der Waals surface area contributed by atoms with Crippen molar-refractivity contribution < 1.29 is 19.4 Å². The second-order valence-corrected chi connectivity index (χ2v) is 9.36. The quantitative estimate of drug-likeness (QED) is 0.412. The Hall–Kier alpha value is -3.22. The van der Waals surface area contributed by atoms with Gasteiger partial charge in [0.05, 0.1) is 5.60 Å². The average Bonchev–Trinajstić information content (AvgIpc) is 2.79. The number of nitrogens with zero attached hydrogens (tertiary/aromatic N) is 1. The summed E-state index contributed by atoms with van der Waals surface area (Å²) in [4.78, 5) is 30.2. The summed E-state index contributed by atoms with van der Waals surface area (Å²) in [6, 6.07) is 16.2. The van der Waals surface area contributed by atoms with Gasteiger partial charge < -0.3 is 15.2 Å². The molecule has 1 saturated carbocycles. The minimum absolute atomic E-state index is 0.231. The SMILES string of the molecule is Cc1nc(C(=O)Nc2ccccc2)c(C)c(-c2ccc(Cl)cc2)c1C(OC1(C)CCC1)C(=O)O. The first kappa shape index (κ1) is 23.9. The Morgan fingerprint density at radius 1 is 1.09 bits per heavy atom. The van der Waals surface area contributed by atoms with Crippen molar-refractivity contribution in [1.29, 1.82) is 0 Å². The predicted molar refractivity (Wildman–Crippen MR) is 132 cm³/mol. The van der Waals surface area contributed by atoms with Gasteiger partial charge in [0.25, 0.3) is 5.91 Å². The minimum Gasteiger partial charge on any atom is -0.479 e. The van der Waals surface area contributed by atoms with Gasteiger partial charge >= 0.3 is 5.97 Å². The number of benzene rings is 2. The molecule has 0 radical (unpaired) electrons. The van der Waals surface area contributed by atoms with Crippen molar-refractivity contribution >= 4 is 29.2 Å². The molecule has 176 valence electrons. The van der Waals surface area contributed by atoms with Crippen molar-refractivity contribution in [1.82, 2.24) is 4.98 Å². The highest BCUT2D eigenvalue weighted by Gasteiger charge is 2.40. The van der Waals surface area contributed by atoms with Gasteiger partial charge in [-0.2, -0.15) is 0 Å². The average molecular weight is 479 g/mol. The normalized spacial score (nSPS) is 15.3. The molecule has 1 amide bonds. The Bertz CT molecular complexity index is 1220. The number of hydrogen-bond donors (Lipinski definition) is 2. The van der Waals surface area contributed by atoms with E-state index in [1.165, 1.54) is 0 Å². The largest absolute Gasteiger partial charge is 0.479 e. The van der Waals surface area contributed by atoms with E-state index in [4.69, 9.17) is 16.3 Å². The predicted octanol–water partition coefficient (Wildman–Crippen LogP) is 6.36. The maximum absolute atomic E-state index is 13.2. The third kappa shape index (κ3) is 4.83. The molecule has 6 nitrogen and oxygen atoms in total. The molecule has 0 saturated heterocycles. The number of halogens is 1. The van der Waals surface area contributed by atoms with Crippen molar-refractivity contribution in [2.75, 3.05) is 5.32 Å². The van der Waals surface area contributed by atoms with Crippen LogP contribution >= 0.6 is 11.6 Å². The fraction of sp³-hybridized carbons (Fsp3) is 0.296. The van der Waals surface area contributed by atoms with E-state index in [0.29, 0.717) is 33.1 Å². The topological polar surface area (TPSA) is 88.5 Å². The van der Waals surface area contributed by atoms with Gasteiger partial charge in [-0.3, -0.25) is 4.79 Å². The summed E-state index contributed by atoms with van der Waals surface area (Å²) in [5.41, 5.74) is 3.21. The molecule has 1 aliphatic rings. The highest BCUT2D eigenvalue weighted by molar-refractivity contribution is 6.30. The Balaban J connectivity index is 1.86. The molecule has 0 spiro atoms. The number of carbonyl (C=O) groups is 2. The number of ether oxygens (including phenoxy) is 1. The number of anilines is 1. The molecule has 4 rings (SSSR count). The molecule has 3 aromatic rings. The van der Waals surface area contributed by atoms with Crippen molar-refractivity contribution in [2.24, 2.45) is 0 Å². The molecule has 2 aromatic carbocycles. The molecular formula is C27H27ClN2O4. The van der Waals surface area contributed by atoms with Crippen LogP contribution in [0.25, 0.3) is 11.1 Å². The smallest absolute Gasteiger partial charge is 0.337 e. The van der Waals surface area contributed by atoms with Gasteiger partial charge in [-0.25, -0.2) is 9.78 Å². The number of hydrogen-bond acceptors (Lipinski definition) is 4. The number of carbonyl (C=O) groups excluding carboxylic acids is 1. The van der Waals surface area contributed by atoms with Gasteiger partial charge in [0, 0.05) is 22.0 Å². The van der Waals surface area contributed by atoms with Crippen molar-refractivity contribution in [2.45, 2.75) is 51.7 Å². The van der Waals surface area contributed by atoms with Crippen LogP contribution in [0.2, 0.25) is 5.02 Å². The molecule has 1 atom stereocenters. The Kier molecular flexibility index (Phi) is 6.73. The van der Waals surface area contributed by atoms with Crippen LogP contribution in [0.5, 0.6) is 0 Å². The van der Waals surface area contributed by atoms with Gasteiger partial charge in [-0.1, -0.05) is 41.9 Å². The summed E-state index contributed by atoms with van der Waals surface area (Å²) >= 11 is 6.11. The second kappa shape index (κ2) is 9.57. The zero-order chi connectivity index (χ0) is 24.5. The Morgan fingerprint density at radius 3 is 2.29 bits per heavy atom. The van der Waals surface area contributed by atoms with Crippen molar-refractivity contribution in [3.8, 4) is 11.1 Å². The number of nitrogens with one attached hydrogen (secondary N) is 1. The monoisotopic (exact) mass is 478 g/mol. The number of aryl methyl sites for hydroxylation is 1. The van der Waals surface area contributed by atoms with Crippen LogP contribution in [0.4, 0.5) is 5.69 Å². The Morgan fingerprint density at radius 2 is 1.74 bits per heavy atom. The van der Waals surface area contributed by atoms with E-state index in [9.17, 15) is 14.7 Å².